The fourth-order valence-electron chi connectivity index (χ4n) is 3.47. The molecular formula is C20H28N4O2. The molecule has 26 heavy (non-hydrogen) atoms. The van der Waals surface area contributed by atoms with E-state index in [0.717, 1.165) is 30.8 Å². The summed E-state index contributed by atoms with van der Waals surface area (Å²) in [6, 6.07) is 8.31. The molecule has 0 aliphatic carbocycles. The van der Waals surface area contributed by atoms with Crippen molar-refractivity contribution in [3.05, 3.63) is 46.4 Å². The molecule has 3 rings (SSSR count). The fraction of sp³-hybridized carbons (Fsp3) is 0.500. The molecule has 140 valence electrons. The third-order valence-corrected chi connectivity index (χ3v) is 4.86. The second-order valence-electron chi connectivity index (χ2n) is 7.26. The summed E-state index contributed by atoms with van der Waals surface area (Å²) in [5.41, 5.74) is 2.99. The summed E-state index contributed by atoms with van der Waals surface area (Å²) in [5, 5.41) is 9.40. The number of anilines is 1. The van der Waals surface area contributed by atoms with Crippen molar-refractivity contribution in [2.24, 2.45) is 5.92 Å². The van der Waals surface area contributed by atoms with Gasteiger partial charge in [-0.05, 0) is 39.1 Å². The Balaban J connectivity index is 2.00. The van der Waals surface area contributed by atoms with Gasteiger partial charge >= 0.3 is 0 Å². The molecule has 1 aliphatic heterocycles. The molecule has 1 aromatic heterocycles. The monoisotopic (exact) mass is 356 g/mol. The minimum Gasteiger partial charge on any atom is -0.396 e. The minimum absolute atomic E-state index is 0.0562. The van der Waals surface area contributed by atoms with E-state index in [1.165, 1.54) is 5.56 Å². The Bertz CT molecular complexity index is 816. The highest BCUT2D eigenvalue weighted by Crippen LogP contribution is 2.24. The smallest absolute Gasteiger partial charge is 0.293 e. The molecule has 0 bridgehead atoms. The molecule has 0 saturated carbocycles. The number of rotatable bonds is 6. The fourth-order valence-corrected chi connectivity index (χ4v) is 3.47. The molecule has 6 heteroatoms. The van der Waals surface area contributed by atoms with Gasteiger partial charge in [-0.25, -0.2) is 4.98 Å². The van der Waals surface area contributed by atoms with Gasteiger partial charge in [0.2, 0.25) is 0 Å². The van der Waals surface area contributed by atoms with Crippen LogP contribution in [0.5, 0.6) is 0 Å². The molecule has 0 radical (unpaired) electrons. The third kappa shape index (κ3) is 3.97. The number of hydrogen-bond donors (Lipinski definition) is 1. The van der Waals surface area contributed by atoms with Crippen LogP contribution in [0.1, 0.15) is 18.9 Å². The lowest BCUT2D eigenvalue weighted by Crippen LogP contribution is -2.32. The van der Waals surface area contributed by atoms with Crippen LogP contribution < -0.4 is 10.5 Å². The van der Waals surface area contributed by atoms with Gasteiger partial charge in [-0.15, -0.1) is 0 Å². The molecule has 6 nitrogen and oxygen atoms in total. The van der Waals surface area contributed by atoms with Crippen LogP contribution >= 0.6 is 0 Å². The molecule has 2 heterocycles. The predicted octanol–water partition coefficient (Wildman–Crippen LogP) is 1.81. The van der Waals surface area contributed by atoms with E-state index in [0.29, 0.717) is 18.9 Å². The number of aryl methyl sites for hydroxylation is 1. The lowest BCUT2D eigenvalue weighted by Gasteiger charge is -2.19. The third-order valence-electron chi connectivity index (χ3n) is 4.86. The molecule has 0 spiro atoms. The average molecular weight is 356 g/mol. The molecule has 1 fully saturated rings. The highest BCUT2D eigenvalue weighted by molar-refractivity contribution is 5.61. The quantitative estimate of drug-likeness (QED) is 0.855. The number of aliphatic hydroxyl groups excluding tert-OH is 1. The first-order valence-corrected chi connectivity index (χ1v) is 9.23. The average Bonchev–Trinajstić information content (AvgIpc) is 3.10. The van der Waals surface area contributed by atoms with Crippen LogP contribution in [0.25, 0.3) is 11.3 Å². The van der Waals surface area contributed by atoms with Crippen molar-refractivity contribution >= 4 is 5.82 Å². The van der Waals surface area contributed by atoms with E-state index in [1.54, 1.807) is 4.57 Å². The maximum absolute atomic E-state index is 12.8. The SMILES string of the molecule is CCn1cc(-c2cccc(CN(C)C)c2)nc(N2CC[C@@H](CO)C2)c1=O. The molecule has 1 aromatic carbocycles. The summed E-state index contributed by atoms with van der Waals surface area (Å²) in [7, 11) is 4.09. The maximum atomic E-state index is 12.8. The first-order chi connectivity index (χ1) is 12.5. The Hall–Kier alpha value is -2.18. The lowest BCUT2D eigenvalue weighted by atomic mass is 10.1. The Morgan fingerprint density at radius 1 is 1.35 bits per heavy atom. The molecule has 1 N–H and O–H groups in total. The number of aliphatic hydroxyl groups is 1. The number of aromatic nitrogens is 2. The van der Waals surface area contributed by atoms with Crippen molar-refractivity contribution in [1.29, 1.82) is 0 Å². The van der Waals surface area contributed by atoms with E-state index in [4.69, 9.17) is 4.98 Å². The van der Waals surface area contributed by atoms with E-state index in [2.05, 4.69) is 17.0 Å². The summed E-state index contributed by atoms with van der Waals surface area (Å²) in [4.78, 5) is 21.6. The van der Waals surface area contributed by atoms with Gasteiger partial charge in [-0.1, -0.05) is 18.2 Å². The van der Waals surface area contributed by atoms with Gasteiger partial charge in [-0.3, -0.25) is 4.79 Å². The first-order valence-electron chi connectivity index (χ1n) is 9.23. The van der Waals surface area contributed by atoms with Crippen LogP contribution in [0, 0.1) is 5.92 Å². The van der Waals surface area contributed by atoms with Crippen LogP contribution in [0.3, 0.4) is 0 Å². The minimum atomic E-state index is -0.0562. The van der Waals surface area contributed by atoms with Crippen molar-refractivity contribution in [2.75, 3.05) is 38.7 Å². The highest BCUT2D eigenvalue weighted by atomic mass is 16.3. The normalized spacial score (nSPS) is 17.3. The van der Waals surface area contributed by atoms with Gasteiger partial charge in [0.15, 0.2) is 5.82 Å². The van der Waals surface area contributed by atoms with Crippen molar-refractivity contribution in [1.82, 2.24) is 14.5 Å². The second-order valence-corrected chi connectivity index (χ2v) is 7.26. The van der Waals surface area contributed by atoms with Gasteiger partial charge in [-0.2, -0.15) is 0 Å². The van der Waals surface area contributed by atoms with Crippen molar-refractivity contribution < 1.29 is 5.11 Å². The van der Waals surface area contributed by atoms with Crippen LogP contribution in [0.4, 0.5) is 5.82 Å². The maximum Gasteiger partial charge on any atom is 0.293 e. The van der Waals surface area contributed by atoms with Gasteiger partial charge in [0.1, 0.15) is 0 Å². The zero-order chi connectivity index (χ0) is 18.7. The van der Waals surface area contributed by atoms with Crippen LogP contribution in [0.15, 0.2) is 35.3 Å². The Labute approximate surface area is 154 Å². The zero-order valence-electron chi connectivity index (χ0n) is 15.9. The summed E-state index contributed by atoms with van der Waals surface area (Å²) < 4.78 is 1.72. The number of benzene rings is 1. The van der Waals surface area contributed by atoms with E-state index in [-0.39, 0.29) is 18.1 Å². The first kappa shape index (κ1) is 18.6. The van der Waals surface area contributed by atoms with Crippen LogP contribution in [0.2, 0.25) is 0 Å². The van der Waals surface area contributed by atoms with E-state index >= 15 is 0 Å². The molecular weight excluding hydrogens is 328 g/mol. The van der Waals surface area contributed by atoms with Crippen molar-refractivity contribution in [3.63, 3.8) is 0 Å². The summed E-state index contributed by atoms with van der Waals surface area (Å²) in [6.45, 7) is 5.05. The molecule has 1 aliphatic rings. The Kier molecular flexibility index (Phi) is 5.74. The lowest BCUT2D eigenvalue weighted by molar-refractivity contribution is 0.238. The van der Waals surface area contributed by atoms with E-state index < -0.39 is 0 Å². The molecule has 0 unspecified atom stereocenters. The van der Waals surface area contributed by atoms with Gasteiger partial charge in [0.25, 0.3) is 5.56 Å². The summed E-state index contributed by atoms with van der Waals surface area (Å²) in [5.74, 6) is 0.719. The highest BCUT2D eigenvalue weighted by Gasteiger charge is 2.25. The van der Waals surface area contributed by atoms with Crippen LogP contribution in [-0.2, 0) is 13.1 Å². The molecule has 1 atom stereocenters. The number of nitrogens with zero attached hydrogens (tertiary/aromatic N) is 4. The standard InChI is InChI=1S/C20H28N4O2/c1-4-23-13-18(17-7-5-6-15(10-17)11-22(2)3)21-19(20(23)26)24-9-8-16(12-24)14-25/h5-7,10,13,16,25H,4,8-9,11-12,14H2,1-3H3/t16-/m1/s1. The molecule has 2 aromatic rings. The zero-order valence-corrected chi connectivity index (χ0v) is 15.9. The summed E-state index contributed by atoms with van der Waals surface area (Å²) in [6.07, 6.45) is 2.74. The summed E-state index contributed by atoms with van der Waals surface area (Å²) >= 11 is 0. The molecule has 0 amide bonds. The van der Waals surface area contributed by atoms with Crippen molar-refractivity contribution in [2.45, 2.75) is 26.4 Å². The van der Waals surface area contributed by atoms with Gasteiger partial charge < -0.3 is 19.5 Å². The second kappa shape index (κ2) is 8.01. The van der Waals surface area contributed by atoms with E-state index in [9.17, 15) is 9.90 Å². The van der Waals surface area contributed by atoms with E-state index in [1.807, 2.05) is 44.2 Å². The Morgan fingerprint density at radius 2 is 2.15 bits per heavy atom. The Morgan fingerprint density at radius 3 is 2.81 bits per heavy atom. The predicted molar refractivity (Wildman–Crippen MR) is 104 cm³/mol. The molecule has 1 saturated heterocycles. The van der Waals surface area contributed by atoms with Gasteiger partial charge in [0.05, 0.1) is 5.69 Å². The van der Waals surface area contributed by atoms with Crippen molar-refractivity contribution in [3.8, 4) is 11.3 Å². The number of hydrogen-bond acceptors (Lipinski definition) is 5. The largest absolute Gasteiger partial charge is 0.396 e. The van der Waals surface area contributed by atoms with Crippen LogP contribution in [-0.4, -0.2) is 53.3 Å². The topological polar surface area (TPSA) is 61.6 Å². The van der Waals surface area contributed by atoms with Gasteiger partial charge in [0, 0.05) is 50.5 Å².